The zero-order chi connectivity index (χ0) is 15.4. The van der Waals surface area contributed by atoms with Crippen molar-refractivity contribution in [2.45, 2.75) is 19.3 Å². The van der Waals surface area contributed by atoms with E-state index in [9.17, 15) is 23.7 Å². The number of nitro groups is 1. The Labute approximate surface area is 119 Å². The molecule has 1 amide bonds. The van der Waals surface area contributed by atoms with Gasteiger partial charge in [0.05, 0.1) is 23.6 Å². The Bertz CT molecular complexity index is 537. The molecule has 1 aromatic carbocycles. The highest BCUT2D eigenvalue weighted by Crippen LogP contribution is 2.24. The minimum absolute atomic E-state index is 0.244. The molecule has 1 heterocycles. The normalized spacial score (nSPS) is 14.9. The number of benzene rings is 1. The van der Waals surface area contributed by atoms with Gasteiger partial charge in [-0.2, -0.15) is 0 Å². The molecule has 6 nitrogen and oxygen atoms in total. The van der Waals surface area contributed by atoms with E-state index in [0.717, 1.165) is 19.3 Å². The van der Waals surface area contributed by atoms with Crippen molar-refractivity contribution in [3.8, 4) is 0 Å². The zero-order valence-corrected chi connectivity index (χ0v) is 11.3. The quantitative estimate of drug-likeness (QED) is 0.683. The van der Waals surface area contributed by atoms with Gasteiger partial charge in [-0.3, -0.25) is 14.9 Å². The van der Waals surface area contributed by atoms with Gasteiger partial charge in [0.2, 0.25) is 5.91 Å². The molecule has 21 heavy (non-hydrogen) atoms. The fraction of sp³-hybridized carbons (Fsp3) is 0.462. The summed E-state index contributed by atoms with van der Waals surface area (Å²) < 4.78 is 27.3. The van der Waals surface area contributed by atoms with Crippen molar-refractivity contribution in [2.24, 2.45) is 0 Å². The van der Waals surface area contributed by atoms with Crippen molar-refractivity contribution in [1.82, 2.24) is 4.90 Å². The van der Waals surface area contributed by atoms with Crippen LogP contribution in [0, 0.1) is 21.7 Å². The Morgan fingerprint density at radius 3 is 2.33 bits per heavy atom. The molecule has 0 saturated carbocycles. The first kappa shape index (κ1) is 15.1. The molecular weight excluding hydrogens is 284 g/mol. The molecule has 1 aliphatic heterocycles. The SMILES string of the molecule is O=C(CNc1c(F)cc([N+](=O)[O-])cc1F)N1CCCCC1. The molecule has 1 aliphatic rings. The number of carbonyl (C=O) groups excluding carboxylic acids is 1. The fourth-order valence-electron chi connectivity index (χ4n) is 2.25. The number of nitrogens with one attached hydrogen (secondary N) is 1. The van der Waals surface area contributed by atoms with Crippen LogP contribution in [0.4, 0.5) is 20.2 Å². The van der Waals surface area contributed by atoms with Crippen LogP contribution in [0.5, 0.6) is 0 Å². The molecule has 2 rings (SSSR count). The van der Waals surface area contributed by atoms with Gasteiger partial charge < -0.3 is 10.2 Å². The molecule has 0 spiro atoms. The van der Waals surface area contributed by atoms with Crippen LogP contribution in [-0.4, -0.2) is 35.4 Å². The lowest BCUT2D eigenvalue weighted by Crippen LogP contribution is -2.39. The summed E-state index contributed by atoms with van der Waals surface area (Å²) in [4.78, 5) is 23.1. The topological polar surface area (TPSA) is 75.5 Å². The molecule has 0 aliphatic carbocycles. The molecule has 1 N–H and O–H groups in total. The molecule has 0 bridgehead atoms. The molecular formula is C13H15F2N3O3. The van der Waals surface area contributed by atoms with Gasteiger partial charge in [-0.15, -0.1) is 0 Å². The van der Waals surface area contributed by atoms with E-state index in [0.29, 0.717) is 25.2 Å². The Morgan fingerprint density at radius 1 is 1.24 bits per heavy atom. The van der Waals surface area contributed by atoms with Crippen molar-refractivity contribution < 1.29 is 18.5 Å². The number of amides is 1. The van der Waals surface area contributed by atoms with E-state index < -0.39 is 27.9 Å². The summed E-state index contributed by atoms with van der Waals surface area (Å²) in [5.41, 5.74) is -1.19. The van der Waals surface area contributed by atoms with E-state index in [1.54, 1.807) is 4.90 Å². The molecule has 0 radical (unpaired) electrons. The largest absolute Gasteiger partial charge is 0.371 e. The Kier molecular flexibility index (Phi) is 4.66. The monoisotopic (exact) mass is 299 g/mol. The van der Waals surface area contributed by atoms with Crippen molar-refractivity contribution >= 4 is 17.3 Å². The third kappa shape index (κ3) is 3.65. The summed E-state index contributed by atoms with van der Waals surface area (Å²) in [5.74, 6) is -2.42. The first-order valence-electron chi connectivity index (χ1n) is 6.64. The van der Waals surface area contributed by atoms with Crippen LogP contribution in [0.3, 0.4) is 0 Å². The molecule has 1 saturated heterocycles. The lowest BCUT2D eigenvalue weighted by Gasteiger charge is -2.26. The van der Waals surface area contributed by atoms with Crippen LogP contribution in [0.1, 0.15) is 19.3 Å². The van der Waals surface area contributed by atoms with Gasteiger partial charge in [0.25, 0.3) is 5.69 Å². The number of nitrogens with zero attached hydrogens (tertiary/aromatic N) is 2. The van der Waals surface area contributed by atoms with Gasteiger partial charge in [-0.1, -0.05) is 0 Å². The highest BCUT2D eigenvalue weighted by Gasteiger charge is 2.20. The molecule has 114 valence electrons. The minimum atomic E-state index is -1.09. The molecule has 8 heteroatoms. The number of hydrogen-bond donors (Lipinski definition) is 1. The lowest BCUT2D eigenvalue weighted by atomic mass is 10.1. The van der Waals surface area contributed by atoms with Gasteiger partial charge in [-0.05, 0) is 19.3 Å². The minimum Gasteiger partial charge on any atom is -0.371 e. The molecule has 0 atom stereocenters. The van der Waals surface area contributed by atoms with Gasteiger partial charge in [0.15, 0.2) is 11.6 Å². The molecule has 0 unspecified atom stereocenters. The van der Waals surface area contributed by atoms with Crippen LogP contribution < -0.4 is 5.32 Å². The standard InChI is InChI=1S/C13H15F2N3O3/c14-10-6-9(18(20)21)7-11(15)13(10)16-8-12(19)17-4-2-1-3-5-17/h6-7,16H,1-5,8H2. The molecule has 1 aromatic rings. The van der Waals surface area contributed by atoms with Crippen LogP contribution >= 0.6 is 0 Å². The maximum atomic E-state index is 13.6. The number of non-ortho nitro benzene ring substituents is 1. The number of nitro benzene ring substituents is 1. The highest BCUT2D eigenvalue weighted by molar-refractivity contribution is 5.81. The second-order valence-electron chi connectivity index (χ2n) is 4.84. The Hall–Kier alpha value is -2.25. The summed E-state index contributed by atoms with van der Waals surface area (Å²) in [5, 5.41) is 12.9. The zero-order valence-electron chi connectivity index (χ0n) is 11.3. The Morgan fingerprint density at radius 2 is 1.81 bits per heavy atom. The number of carbonyl (C=O) groups is 1. The number of halogens is 2. The summed E-state index contributed by atoms with van der Waals surface area (Å²) in [6, 6.07) is 1.24. The first-order valence-corrected chi connectivity index (χ1v) is 6.64. The van der Waals surface area contributed by atoms with E-state index >= 15 is 0 Å². The number of rotatable bonds is 4. The number of hydrogen-bond acceptors (Lipinski definition) is 4. The van der Waals surface area contributed by atoms with Crippen LogP contribution in [0.2, 0.25) is 0 Å². The smallest absolute Gasteiger partial charge is 0.275 e. The van der Waals surface area contributed by atoms with Gasteiger partial charge in [0, 0.05) is 13.1 Å². The van der Waals surface area contributed by atoms with Crippen LogP contribution in [0.15, 0.2) is 12.1 Å². The van der Waals surface area contributed by atoms with E-state index in [1.165, 1.54) is 0 Å². The van der Waals surface area contributed by atoms with E-state index in [2.05, 4.69) is 5.32 Å². The van der Waals surface area contributed by atoms with Gasteiger partial charge >= 0.3 is 0 Å². The second kappa shape index (κ2) is 6.47. The number of piperidine rings is 1. The van der Waals surface area contributed by atoms with Crippen molar-refractivity contribution in [3.63, 3.8) is 0 Å². The third-order valence-electron chi connectivity index (χ3n) is 3.36. The summed E-state index contributed by atoms with van der Waals surface area (Å²) in [7, 11) is 0. The lowest BCUT2D eigenvalue weighted by molar-refractivity contribution is -0.385. The van der Waals surface area contributed by atoms with Crippen molar-refractivity contribution in [3.05, 3.63) is 33.9 Å². The average molecular weight is 299 g/mol. The fourth-order valence-corrected chi connectivity index (χ4v) is 2.25. The third-order valence-corrected chi connectivity index (χ3v) is 3.36. The van der Waals surface area contributed by atoms with E-state index in [-0.39, 0.29) is 12.5 Å². The highest BCUT2D eigenvalue weighted by atomic mass is 19.1. The maximum Gasteiger partial charge on any atom is 0.275 e. The van der Waals surface area contributed by atoms with E-state index in [1.807, 2.05) is 0 Å². The van der Waals surface area contributed by atoms with Gasteiger partial charge in [0.1, 0.15) is 5.69 Å². The van der Waals surface area contributed by atoms with Crippen molar-refractivity contribution in [1.29, 1.82) is 0 Å². The van der Waals surface area contributed by atoms with Crippen LogP contribution in [-0.2, 0) is 4.79 Å². The van der Waals surface area contributed by atoms with Gasteiger partial charge in [-0.25, -0.2) is 8.78 Å². The molecule has 0 aromatic heterocycles. The summed E-state index contributed by atoms with van der Waals surface area (Å²) >= 11 is 0. The maximum absolute atomic E-state index is 13.6. The number of anilines is 1. The predicted octanol–water partition coefficient (Wildman–Crippen LogP) is 2.30. The first-order chi connectivity index (χ1) is 9.99. The molecule has 1 fully saturated rings. The van der Waals surface area contributed by atoms with Crippen LogP contribution in [0.25, 0.3) is 0 Å². The summed E-state index contributed by atoms with van der Waals surface area (Å²) in [6.07, 6.45) is 2.92. The van der Waals surface area contributed by atoms with E-state index in [4.69, 9.17) is 0 Å². The Balaban J connectivity index is 2.02. The summed E-state index contributed by atoms with van der Waals surface area (Å²) in [6.45, 7) is 1.04. The average Bonchev–Trinajstić information content (AvgIpc) is 2.46. The second-order valence-corrected chi connectivity index (χ2v) is 4.84. The van der Waals surface area contributed by atoms with Crippen molar-refractivity contribution in [2.75, 3.05) is 25.0 Å². The predicted molar refractivity (Wildman–Crippen MR) is 71.9 cm³/mol. The number of likely N-dealkylation sites (tertiary alicyclic amines) is 1.